The zero-order chi connectivity index (χ0) is 21.0. The van der Waals surface area contributed by atoms with Crippen molar-refractivity contribution < 1.29 is 35.9 Å². The van der Waals surface area contributed by atoms with Crippen LogP contribution >= 0.6 is 0 Å². The molecule has 0 amide bonds. The van der Waals surface area contributed by atoms with Crippen LogP contribution in [0, 0.1) is 13.8 Å². The number of nitrogens with zero attached hydrogens (tertiary/aromatic N) is 1. The maximum atomic E-state index is 11.5. The molecule has 2 aromatic carbocycles. The van der Waals surface area contributed by atoms with Gasteiger partial charge >= 0.3 is 16.4 Å². The summed E-state index contributed by atoms with van der Waals surface area (Å²) in [5.74, 6) is 0.227. The standard InChI is InChI=1S/C19H17NO8S/c1-12-19(13(2)27-20-12)14-4-3-5-17(10-14)26-15-6-8-16(9-7-15)28-29(23,24)25-11-18(21)22/h3-10H,11H2,1-2H3,(H,21,22). The van der Waals surface area contributed by atoms with Crippen LogP contribution in [-0.2, 0) is 19.4 Å². The van der Waals surface area contributed by atoms with E-state index < -0.39 is 23.0 Å². The average molecular weight is 419 g/mol. The summed E-state index contributed by atoms with van der Waals surface area (Å²) in [6, 6.07) is 13.1. The average Bonchev–Trinajstić information content (AvgIpc) is 3.00. The second-order valence-corrected chi connectivity index (χ2v) is 7.17. The van der Waals surface area contributed by atoms with Gasteiger partial charge in [-0.25, -0.2) is 8.98 Å². The molecular weight excluding hydrogens is 402 g/mol. The molecule has 0 aliphatic heterocycles. The van der Waals surface area contributed by atoms with Gasteiger partial charge in [-0.1, -0.05) is 17.3 Å². The summed E-state index contributed by atoms with van der Waals surface area (Å²) in [5, 5.41) is 12.4. The van der Waals surface area contributed by atoms with E-state index in [1.54, 1.807) is 6.07 Å². The van der Waals surface area contributed by atoms with Gasteiger partial charge in [0.15, 0.2) is 6.61 Å². The molecule has 0 aliphatic carbocycles. The highest BCUT2D eigenvalue weighted by Gasteiger charge is 2.16. The number of ether oxygens (including phenoxy) is 1. The van der Waals surface area contributed by atoms with E-state index in [9.17, 15) is 13.2 Å². The van der Waals surface area contributed by atoms with E-state index in [1.807, 2.05) is 32.0 Å². The summed E-state index contributed by atoms with van der Waals surface area (Å²) in [6.07, 6.45) is 0. The summed E-state index contributed by atoms with van der Waals surface area (Å²) < 4.78 is 42.9. The zero-order valence-corrected chi connectivity index (χ0v) is 16.3. The van der Waals surface area contributed by atoms with Crippen LogP contribution in [0.3, 0.4) is 0 Å². The van der Waals surface area contributed by atoms with Crippen LogP contribution in [0.4, 0.5) is 0 Å². The van der Waals surface area contributed by atoms with Crippen LogP contribution in [-0.4, -0.2) is 31.3 Å². The Labute approximate surface area is 166 Å². The number of carboxylic acid groups (broad SMARTS) is 1. The first-order chi connectivity index (χ1) is 13.7. The fourth-order valence-corrected chi connectivity index (χ4v) is 3.21. The van der Waals surface area contributed by atoms with Gasteiger partial charge in [0.05, 0.1) is 5.69 Å². The number of carboxylic acids is 1. The van der Waals surface area contributed by atoms with Crippen LogP contribution in [0.2, 0.25) is 0 Å². The summed E-state index contributed by atoms with van der Waals surface area (Å²) in [4.78, 5) is 10.4. The van der Waals surface area contributed by atoms with Crippen LogP contribution in [0.15, 0.2) is 53.1 Å². The van der Waals surface area contributed by atoms with Gasteiger partial charge in [0.25, 0.3) is 0 Å². The Kier molecular flexibility index (Phi) is 5.85. The number of rotatable bonds is 8. The largest absolute Gasteiger partial charge is 0.479 e. The zero-order valence-electron chi connectivity index (χ0n) is 15.5. The van der Waals surface area contributed by atoms with Crippen molar-refractivity contribution in [3.63, 3.8) is 0 Å². The Morgan fingerprint density at radius 2 is 1.76 bits per heavy atom. The highest BCUT2D eigenvalue weighted by Crippen LogP contribution is 2.31. The quantitative estimate of drug-likeness (QED) is 0.584. The third-order valence-electron chi connectivity index (χ3n) is 3.74. The molecule has 0 bridgehead atoms. The number of aryl methyl sites for hydroxylation is 2. The van der Waals surface area contributed by atoms with Crippen molar-refractivity contribution in [3.8, 4) is 28.4 Å². The molecule has 29 heavy (non-hydrogen) atoms. The summed E-state index contributed by atoms with van der Waals surface area (Å²) in [6.45, 7) is 2.66. The third kappa shape index (κ3) is 5.33. The van der Waals surface area contributed by atoms with Crippen molar-refractivity contribution in [1.29, 1.82) is 0 Å². The van der Waals surface area contributed by atoms with Gasteiger partial charge in [-0.3, -0.25) is 0 Å². The van der Waals surface area contributed by atoms with E-state index in [4.69, 9.17) is 14.4 Å². The van der Waals surface area contributed by atoms with Crippen molar-refractivity contribution in [1.82, 2.24) is 5.16 Å². The van der Waals surface area contributed by atoms with Gasteiger partial charge in [-0.15, -0.1) is 0 Å². The van der Waals surface area contributed by atoms with Gasteiger partial charge in [0, 0.05) is 5.56 Å². The van der Waals surface area contributed by atoms with E-state index in [-0.39, 0.29) is 5.75 Å². The monoisotopic (exact) mass is 419 g/mol. The number of hydrogen-bond donors (Lipinski definition) is 1. The predicted octanol–water partition coefficient (Wildman–Crippen LogP) is 3.48. The maximum absolute atomic E-state index is 11.5. The molecule has 0 fully saturated rings. The number of carbonyl (C=O) groups is 1. The van der Waals surface area contributed by atoms with E-state index in [0.717, 1.165) is 16.8 Å². The SMILES string of the molecule is Cc1noc(C)c1-c1cccc(Oc2ccc(OS(=O)(=O)OCC(=O)O)cc2)c1. The summed E-state index contributed by atoms with van der Waals surface area (Å²) in [5.41, 5.74) is 2.55. The maximum Gasteiger partial charge on any atom is 0.449 e. The topological polar surface area (TPSA) is 125 Å². The van der Waals surface area contributed by atoms with E-state index in [1.165, 1.54) is 24.3 Å². The molecule has 0 aliphatic rings. The second kappa shape index (κ2) is 8.33. The van der Waals surface area contributed by atoms with Crippen LogP contribution in [0.1, 0.15) is 11.5 Å². The van der Waals surface area contributed by atoms with E-state index in [0.29, 0.717) is 17.3 Å². The first-order valence-corrected chi connectivity index (χ1v) is 9.69. The molecule has 0 saturated heterocycles. The van der Waals surface area contributed by atoms with E-state index >= 15 is 0 Å². The highest BCUT2D eigenvalue weighted by molar-refractivity contribution is 7.82. The molecule has 0 spiro atoms. The van der Waals surface area contributed by atoms with Crippen molar-refractivity contribution in [2.45, 2.75) is 13.8 Å². The second-order valence-electron chi connectivity index (χ2n) is 5.95. The minimum atomic E-state index is -4.48. The fourth-order valence-electron chi connectivity index (χ4n) is 2.57. The van der Waals surface area contributed by atoms with Crippen molar-refractivity contribution >= 4 is 16.4 Å². The number of benzene rings is 2. The van der Waals surface area contributed by atoms with Crippen LogP contribution in [0.25, 0.3) is 11.1 Å². The smallest absolute Gasteiger partial charge is 0.449 e. The Morgan fingerprint density at radius 3 is 2.38 bits per heavy atom. The van der Waals surface area contributed by atoms with Gasteiger partial charge in [0.2, 0.25) is 0 Å². The Balaban J connectivity index is 1.70. The van der Waals surface area contributed by atoms with Crippen molar-refractivity contribution in [2.24, 2.45) is 0 Å². The molecule has 9 nitrogen and oxygen atoms in total. The van der Waals surface area contributed by atoms with Crippen molar-refractivity contribution in [3.05, 3.63) is 60.0 Å². The molecule has 0 unspecified atom stereocenters. The van der Waals surface area contributed by atoms with Gasteiger partial charge in [-0.2, -0.15) is 8.42 Å². The molecule has 0 saturated carbocycles. The Morgan fingerprint density at radius 1 is 1.07 bits per heavy atom. The van der Waals surface area contributed by atoms with Gasteiger partial charge < -0.3 is 18.5 Å². The van der Waals surface area contributed by atoms with Crippen LogP contribution < -0.4 is 8.92 Å². The third-order valence-corrected chi connectivity index (χ3v) is 4.54. The molecule has 1 N–H and O–H groups in total. The minimum Gasteiger partial charge on any atom is -0.479 e. The minimum absolute atomic E-state index is 0.0489. The Hall–Kier alpha value is -3.37. The first kappa shape index (κ1) is 20.4. The molecular formula is C19H17NO8S. The number of aliphatic carboxylic acids is 1. The lowest BCUT2D eigenvalue weighted by Gasteiger charge is -2.09. The fraction of sp³-hybridized carbons (Fsp3) is 0.158. The van der Waals surface area contributed by atoms with Crippen LogP contribution in [0.5, 0.6) is 17.2 Å². The number of hydrogen-bond acceptors (Lipinski definition) is 8. The Bertz CT molecular complexity index is 1100. The first-order valence-electron chi connectivity index (χ1n) is 8.35. The molecule has 3 aromatic rings. The highest BCUT2D eigenvalue weighted by atomic mass is 32.3. The summed E-state index contributed by atoms with van der Waals surface area (Å²) in [7, 11) is -4.48. The molecule has 0 radical (unpaired) electrons. The summed E-state index contributed by atoms with van der Waals surface area (Å²) >= 11 is 0. The van der Waals surface area contributed by atoms with Gasteiger partial charge in [0.1, 0.15) is 23.0 Å². The van der Waals surface area contributed by atoms with Gasteiger partial charge in [-0.05, 0) is 55.8 Å². The lowest BCUT2D eigenvalue weighted by atomic mass is 10.0. The molecule has 152 valence electrons. The molecule has 3 rings (SSSR count). The predicted molar refractivity (Wildman–Crippen MR) is 101 cm³/mol. The molecule has 1 heterocycles. The molecule has 10 heteroatoms. The lowest BCUT2D eigenvalue weighted by Crippen LogP contribution is -2.18. The van der Waals surface area contributed by atoms with Crippen molar-refractivity contribution in [2.75, 3.05) is 6.61 Å². The van der Waals surface area contributed by atoms with E-state index in [2.05, 4.69) is 13.5 Å². The number of aromatic nitrogens is 1. The normalized spacial score (nSPS) is 11.2. The lowest BCUT2D eigenvalue weighted by molar-refractivity contribution is -0.139. The molecule has 0 atom stereocenters. The molecule has 1 aromatic heterocycles.